The third-order valence-electron chi connectivity index (χ3n) is 7.74. The van der Waals surface area contributed by atoms with Gasteiger partial charge in [-0.05, 0) is 44.7 Å². The summed E-state index contributed by atoms with van der Waals surface area (Å²) in [4.78, 5) is 117. The quantitative estimate of drug-likeness (QED) is 0.147. The third-order valence-corrected chi connectivity index (χ3v) is 12.0. The van der Waals surface area contributed by atoms with Crippen molar-refractivity contribution in [2.75, 3.05) is 74.0 Å². The highest BCUT2D eigenvalue weighted by Gasteiger charge is 2.35. The van der Waals surface area contributed by atoms with Crippen LogP contribution in [-0.2, 0) is 81.3 Å². The largest absolute Gasteiger partial charge is 0.490 e. The SMILES string of the molecule is COP(C)(=O)OC.[B]C(=O)CP(=O)(OC)OC.[B]C(=O)CP(C)(C)=O.[B]C(=O)C[C@@H](CO)c1ccccc1.[B]C(=O)N1C(=O)OC[C@@H]1Cc1ccccc1.[B]C(=O)O.[B]C(=O)ON1C(=O)CCC1=O.[B]C(C)=O.[B]C(C)=O. The average Bonchev–Trinajstić information content (AvgIpc) is 3.83. The first-order valence-corrected chi connectivity index (χ1v) is 27.9. The first kappa shape index (κ1) is 80.7. The van der Waals surface area contributed by atoms with Gasteiger partial charge in [-0.2, -0.15) is 0 Å². The monoisotopic (exact) mass is 1120 g/mol. The van der Waals surface area contributed by atoms with Crippen LogP contribution in [0.2, 0.25) is 0 Å². The number of hydrogen-bond acceptors (Lipinski definition) is 21. The molecule has 2 saturated heterocycles. The summed E-state index contributed by atoms with van der Waals surface area (Å²) in [6.45, 7) is 7.26. The molecule has 2 aliphatic heterocycles. The Balaban J connectivity index is -0.000000262. The van der Waals surface area contributed by atoms with Crippen molar-refractivity contribution in [3.8, 4) is 0 Å². The number of carbonyl (C=O) groups is 11. The van der Waals surface area contributed by atoms with Gasteiger partial charge in [0.2, 0.25) is 29.4 Å². The van der Waals surface area contributed by atoms with Crippen LogP contribution in [0.15, 0.2) is 60.7 Å². The molecule has 77 heavy (non-hydrogen) atoms. The lowest BCUT2D eigenvalue weighted by atomic mass is 9.88. The minimum Gasteiger partial charge on any atom is -0.490 e. The number of aliphatic hydroxyl groups is 1. The van der Waals surface area contributed by atoms with Gasteiger partial charge in [-0.25, -0.2) is 4.79 Å². The molecule has 406 valence electrons. The second kappa shape index (κ2) is 44.8. The first-order chi connectivity index (χ1) is 35.3. The Bertz CT molecular complexity index is 2260. The number of cyclic esters (lactones) is 1. The zero-order valence-corrected chi connectivity index (χ0v) is 46.7. The molecule has 0 aromatic heterocycles. The molecule has 2 fully saturated rings. The van der Waals surface area contributed by atoms with Gasteiger partial charge in [0.15, 0.2) is 45.0 Å². The predicted molar refractivity (Wildman–Crippen MR) is 290 cm³/mol. The molecule has 0 unspecified atom stereocenters. The summed E-state index contributed by atoms with van der Waals surface area (Å²) >= 11 is 0. The Labute approximate surface area is 458 Å². The fourth-order valence-corrected chi connectivity index (χ4v) is 6.30. The molecule has 2 aromatic rings. The summed E-state index contributed by atoms with van der Waals surface area (Å²) < 4.78 is 54.7. The minimum atomic E-state index is -3.21. The van der Waals surface area contributed by atoms with Crippen molar-refractivity contribution in [3.05, 3.63) is 71.8 Å². The Morgan fingerprint density at radius 3 is 1.31 bits per heavy atom. The van der Waals surface area contributed by atoms with Gasteiger partial charge in [-0.1, -0.05) is 60.7 Å². The van der Waals surface area contributed by atoms with E-state index in [1.807, 2.05) is 60.7 Å². The molecule has 0 bridgehead atoms. The van der Waals surface area contributed by atoms with Gasteiger partial charge >= 0.3 is 21.3 Å². The lowest BCUT2D eigenvalue weighted by Crippen LogP contribution is -2.39. The topological polar surface area (TPSA) is 341 Å². The van der Waals surface area contributed by atoms with Crippen molar-refractivity contribution in [2.45, 2.75) is 51.5 Å². The van der Waals surface area contributed by atoms with E-state index >= 15 is 0 Å². The molecule has 2 aromatic carbocycles. The molecule has 24 nitrogen and oxygen atoms in total. The molecule has 35 heteroatoms. The summed E-state index contributed by atoms with van der Waals surface area (Å²) in [5, 5.41) is 16.6. The van der Waals surface area contributed by atoms with Gasteiger partial charge in [0.05, 0.1) is 54.4 Å². The van der Waals surface area contributed by atoms with E-state index in [4.69, 9.17) is 51.1 Å². The highest BCUT2D eigenvalue weighted by atomic mass is 31.2. The van der Waals surface area contributed by atoms with E-state index in [2.05, 4.69) is 54.3 Å². The van der Waals surface area contributed by atoms with Crippen molar-refractivity contribution in [1.29, 1.82) is 0 Å². The normalized spacial score (nSPS) is 13.3. The highest BCUT2D eigenvalue weighted by Crippen LogP contribution is 2.45. The van der Waals surface area contributed by atoms with Gasteiger partial charge < -0.3 is 66.4 Å². The standard InChI is InChI=1S/C11H10BNO3.C10H11BO2.C5H4BNO4.C4H8BO4P.C4H8BO2P.C3H9O3P.2C2H3BO.CHBO2/c12-10(14)13-9(7-16-11(13)15)6-8-4-2-1-3-5-8;11-10(13)6-9(7-12)8-4-2-1-3-5-8;6-5(10)11-7-3(8)1-2-4(7)9;1-8-10(7,9-2)3-4(5)6;1-8(2,7)3-4(5)6;1-5-7(3,4)6-2;2*1-2(3)4;2-1(3)4/h1-5,9H,6-7H2;1-5,9,12H,6-7H2;1-2H2;3H2,1-2H3;3H2,1-2H3;1-3H3;2*1H3;(H,3,4)/t2*9-;;;;;;;/m00......./s1. The molecular formula is C42H57B8N2O22P3. The number of carbonyl (C=O) groups excluding carboxylic acids is 10. The summed E-state index contributed by atoms with van der Waals surface area (Å²) in [7, 11) is 34.3. The molecule has 0 aliphatic carbocycles. The molecule has 4 amide bonds. The number of hydroxylamine groups is 2. The number of hydrogen-bond donors (Lipinski definition) is 2. The number of carboxylic acid groups (broad SMARTS) is 1. The molecule has 0 spiro atoms. The van der Waals surface area contributed by atoms with Crippen LogP contribution in [0, 0.1) is 0 Å². The summed E-state index contributed by atoms with van der Waals surface area (Å²) in [6.07, 6.45) is -0.102. The zero-order chi connectivity index (χ0) is 61.3. The lowest BCUT2D eigenvalue weighted by molar-refractivity contribution is -0.169. The molecule has 16 radical (unpaired) electrons. The fourth-order valence-electron chi connectivity index (χ4n) is 4.61. The number of imide groups is 2. The van der Waals surface area contributed by atoms with Gasteiger partial charge in [0.1, 0.15) is 6.61 Å². The van der Waals surface area contributed by atoms with Gasteiger partial charge in [0.25, 0.3) is 17.7 Å². The summed E-state index contributed by atoms with van der Waals surface area (Å²) in [5.74, 6) is -4.49. The Hall–Kier alpha value is -5.18. The second-order valence-electron chi connectivity index (χ2n) is 15.1. The molecule has 2 atom stereocenters. The van der Waals surface area contributed by atoms with Crippen LogP contribution in [-0.4, -0.2) is 227 Å². The molecule has 4 rings (SSSR count). The molecule has 2 N–H and O–H groups in total. The maximum atomic E-state index is 11.2. The van der Waals surface area contributed by atoms with E-state index in [1.54, 1.807) is 0 Å². The van der Waals surface area contributed by atoms with Crippen LogP contribution in [0.3, 0.4) is 0 Å². The number of rotatable bonds is 15. The average molecular weight is 1120 g/mol. The first-order valence-electron chi connectivity index (χ1n) is 21.4. The van der Waals surface area contributed by atoms with Crippen molar-refractivity contribution in [2.24, 2.45) is 0 Å². The number of aliphatic hydroxyl groups excluding tert-OH is 1. The maximum absolute atomic E-state index is 11.2. The lowest BCUT2D eigenvalue weighted by Gasteiger charge is -2.18. The van der Waals surface area contributed by atoms with Crippen molar-refractivity contribution in [1.82, 2.24) is 9.96 Å². The zero-order valence-electron chi connectivity index (χ0n) is 44.0. The van der Waals surface area contributed by atoms with Crippen molar-refractivity contribution >= 4 is 149 Å². The van der Waals surface area contributed by atoms with Gasteiger partial charge in [0, 0.05) is 66.4 Å². The smallest absolute Gasteiger partial charge is 0.416 e. The summed E-state index contributed by atoms with van der Waals surface area (Å²) in [5.41, 5.74) is -0.255. The van der Waals surface area contributed by atoms with E-state index in [1.165, 1.54) is 62.3 Å². The van der Waals surface area contributed by atoms with Crippen molar-refractivity contribution in [3.63, 3.8) is 0 Å². The number of amides is 4. The number of nitrogens with zero attached hydrogens (tertiary/aromatic N) is 2. The predicted octanol–water partition coefficient (Wildman–Crippen LogP) is 2.35. The van der Waals surface area contributed by atoms with E-state index in [9.17, 15) is 61.6 Å². The van der Waals surface area contributed by atoms with E-state index in [-0.39, 0.29) is 73.8 Å². The molecule has 2 heterocycles. The van der Waals surface area contributed by atoms with Crippen LogP contribution in [0.5, 0.6) is 0 Å². The van der Waals surface area contributed by atoms with E-state index in [0.717, 1.165) is 16.0 Å². The highest BCUT2D eigenvalue weighted by molar-refractivity contribution is 7.63. The Morgan fingerprint density at radius 2 is 1.05 bits per heavy atom. The second-order valence-corrected chi connectivity index (χ2v) is 23.1. The van der Waals surface area contributed by atoms with Crippen molar-refractivity contribution < 1.29 is 104 Å². The maximum Gasteiger partial charge on any atom is 0.416 e. The van der Waals surface area contributed by atoms with Gasteiger partial charge in [-0.3, -0.25) is 38.0 Å². The minimum absolute atomic E-state index is 0.0208. The molecule has 2 aliphatic rings. The van der Waals surface area contributed by atoms with Crippen LogP contribution in [0.1, 0.15) is 50.2 Å². The number of benzene rings is 2. The van der Waals surface area contributed by atoms with E-state index < -0.39 is 69.2 Å². The van der Waals surface area contributed by atoms with Crippen LogP contribution >= 0.6 is 22.3 Å². The van der Waals surface area contributed by atoms with Crippen LogP contribution < -0.4 is 0 Å². The number of ether oxygens (including phenoxy) is 1. The van der Waals surface area contributed by atoms with Crippen LogP contribution in [0.25, 0.3) is 0 Å². The van der Waals surface area contributed by atoms with Gasteiger partial charge in [-0.15, -0.1) is 5.06 Å². The third kappa shape index (κ3) is 51.4. The molecular weight excluding hydrogens is 1060 g/mol. The Kier molecular flexibility index (Phi) is 46.9. The van der Waals surface area contributed by atoms with E-state index in [0.29, 0.717) is 11.5 Å². The fraction of sp³-hybridized carbons (Fsp3) is 0.452. The molecule has 0 saturated carbocycles. The summed E-state index contributed by atoms with van der Waals surface area (Å²) in [6, 6.07) is 18.7. The Morgan fingerprint density at radius 1 is 0.662 bits per heavy atom. The van der Waals surface area contributed by atoms with Crippen LogP contribution in [0.4, 0.5) is 19.2 Å².